The summed E-state index contributed by atoms with van der Waals surface area (Å²) in [6.07, 6.45) is 1.55. The highest BCUT2D eigenvalue weighted by Crippen LogP contribution is 2.25. The van der Waals surface area contributed by atoms with E-state index in [1.54, 1.807) is 13.0 Å². The highest BCUT2D eigenvalue weighted by Gasteiger charge is 2.37. The Morgan fingerprint density at radius 1 is 1.35 bits per heavy atom. The number of likely N-dealkylation sites (tertiary alicyclic amines) is 1. The van der Waals surface area contributed by atoms with Gasteiger partial charge >= 0.3 is 5.97 Å². The Labute approximate surface area is 117 Å². The molecule has 0 spiro atoms. The van der Waals surface area contributed by atoms with Crippen LogP contribution in [0.4, 0.5) is 4.39 Å². The Hall–Kier alpha value is -1.91. The fourth-order valence-corrected chi connectivity index (χ4v) is 2.82. The second-order valence-corrected chi connectivity index (χ2v) is 5.42. The van der Waals surface area contributed by atoms with Crippen LogP contribution in [-0.2, 0) is 4.79 Å². The molecule has 5 heteroatoms. The Morgan fingerprint density at radius 3 is 2.65 bits per heavy atom. The van der Waals surface area contributed by atoms with E-state index in [2.05, 4.69) is 0 Å². The summed E-state index contributed by atoms with van der Waals surface area (Å²) in [6, 6.07) is 3.25. The number of carboxylic acid groups (broad SMARTS) is 1. The van der Waals surface area contributed by atoms with Crippen LogP contribution in [0.3, 0.4) is 0 Å². The molecule has 20 heavy (non-hydrogen) atoms. The molecule has 0 radical (unpaired) electrons. The summed E-state index contributed by atoms with van der Waals surface area (Å²) in [4.78, 5) is 25.2. The number of nitrogens with zero attached hydrogens (tertiary/aromatic N) is 1. The van der Waals surface area contributed by atoms with Crippen LogP contribution >= 0.6 is 0 Å². The number of aryl methyl sites for hydroxylation is 1. The largest absolute Gasteiger partial charge is 0.480 e. The molecule has 2 unspecified atom stereocenters. The van der Waals surface area contributed by atoms with Crippen molar-refractivity contribution in [2.24, 2.45) is 5.92 Å². The van der Waals surface area contributed by atoms with Crippen molar-refractivity contribution in [2.45, 2.75) is 32.7 Å². The zero-order valence-electron chi connectivity index (χ0n) is 11.6. The molecule has 2 rings (SSSR count). The lowest BCUT2D eigenvalue weighted by Gasteiger charge is -2.37. The van der Waals surface area contributed by atoms with E-state index in [1.165, 1.54) is 11.0 Å². The maximum Gasteiger partial charge on any atom is 0.326 e. The predicted octanol–water partition coefficient (Wildman–Crippen LogP) is 2.46. The first-order chi connectivity index (χ1) is 9.40. The predicted molar refractivity (Wildman–Crippen MR) is 72.0 cm³/mol. The first kappa shape index (κ1) is 14.5. The van der Waals surface area contributed by atoms with Crippen LogP contribution in [0.15, 0.2) is 18.2 Å². The van der Waals surface area contributed by atoms with E-state index in [-0.39, 0.29) is 11.5 Å². The van der Waals surface area contributed by atoms with E-state index in [0.717, 1.165) is 18.9 Å². The Bertz CT molecular complexity index is 524. The van der Waals surface area contributed by atoms with Gasteiger partial charge in [-0.1, -0.05) is 6.92 Å². The van der Waals surface area contributed by atoms with Crippen molar-refractivity contribution in [1.29, 1.82) is 0 Å². The van der Waals surface area contributed by atoms with Gasteiger partial charge in [0.15, 0.2) is 0 Å². The zero-order valence-corrected chi connectivity index (χ0v) is 11.6. The summed E-state index contributed by atoms with van der Waals surface area (Å²) in [7, 11) is 0. The number of halogens is 1. The molecule has 0 aromatic heterocycles. The van der Waals surface area contributed by atoms with Gasteiger partial charge in [-0.25, -0.2) is 9.18 Å². The van der Waals surface area contributed by atoms with E-state index in [0.29, 0.717) is 12.1 Å². The lowest BCUT2D eigenvalue weighted by atomic mass is 9.90. The molecule has 2 atom stereocenters. The molecule has 0 aliphatic carbocycles. The molecule has 1 aliphatic heterocycles. The van der Waals surface area contributed by atoms with Gasteiger partial charge < -0.3 is 10.0 Å². The maximum atomic E-state index is 13.4. The molecular weight excluding hydrogens is 261 g/mol. The molecule has 1 aliphatic rings. The van der Waals surface area contributed by atoms with E-state index < -0.39 is 23.7 Å². The topological polar surface area (TPSA) is 57.6 Å². The van der Waals surface area contributed by atoms with Crippen LogP contribution in [-0.4, -0.2) is 34.5 Å². The number of hydrogen-bond donors (Lipinski definition) is 1. The van der Waals surface area contributed by atoms with Crippen LogP contribution < -0.4 is 0 Å². The second kappa shape index (κ2) is 5.61. The van der Waals surface area contributed by atoms with Crippen molar-refractivity contribution < 1.29 is 19.1 Å². The molecule has 0 saturated carbocycles. The number of aliphatic carboxylic acids is 1. The minimum Gasteiger partial charge on any atom is -0.480 e. The fourth-order valence-electron chi connectivity index (χ4n) is 2.82. The number of benzene rings is 1. The quantitative estimate of drug-likeness (QED) is 0.904. The average Bonchev–Trinajstić information content (AvgIpc) is 2.35. The van der Waals surface area contributed by atoms with Gasteiger partial charge in [0.25, 0.3) is 5.91 Å². The molecule has 0 bridgehead atoms. The summed E-state index contributed by atoms with van der Waals surface area (Å²) in [6.45, 7) is 3.93. The molecule has 108 valence electrons. The molecule has 1 saturated heterocycles. The Kier molecular flexibility index (Phi) is 4.06. The summed E-state index contributed by atoms with van der Waals surface area (Å²) >= 11 is 0. The number of rotatable bonds is 2. The van der Waals surface area contributed by atoms with E-state index in [9.17, 15) is 19.1 Å². The third-order valence-electron chi connectivity index (χ3n) is 3.74. The van der Waals surface area contributed by atoms with Gasteiger partial charge in [0.05, 0.1) is 0 Å². The van der Waals surface area contributed by atoms with Crippen LogP contribution in [0.5, 0.6) is 0 Å². The van der Waals surface area contributed by atoms with E-state index in [1.807, 2.05) is 6.92 Å². The van der Waals surface area contributed by atoms with Gasteiger partial charge in [0.2, 0.25) is 0 Å². The number of carbonyl (C=O) groups excluding carboxylic acids is 1. The number of piperidine rings is 1. The third-order valence-corrected chi connectivity index (χ3v) is 3.74. The van der Waals surface area contributed by atoms with Gasteiger partial charge in [0.1, 0.15) is 11.9 Å². The Morgan fingerprint density at radius 2 is 2.05 bits per heavy atom. The van der Waals surface area contributed by atoms with Gasteiger partial charge in [-0.3, -0.25) is 4.79 Å². The lowest BCUT2D eigenvalue weighted by molar-refractivity contribution is -0.145. The summed E-state index contributed by atoms with van der Waals surface area (Å²) in [5.41, 5.74) is 0.855. The fraction of sp³-hybridized carbons (Fsp3) is 0.467. The smallest absolute Gasteiger partial charge is 0.326 e. The standard InChI is InChI=1S/C15H18FNO3/c1-9-6-11(8-12(16)7-9)14(18)17-5-3-4-10(2)13(17)15(19)20/h6-8,10,13H,3-5H2,1-2H3,(H,19,20). The maximum absolute atomic E-state index is 13.4. The number of hydrogen-bond acceptors (Lipinski definition) is 2. The van der Waals surface area contributed by atoms with Crippen molar-refractivity contribution in [3.8, 4) is 0 Å². The molecule has 1 fully saturated rings. The number of carbonyl (C=O) groups is 2. The lowest BCUT2D eigenvalue weighted by Crippen LogP contribution is -2.51. The van der Waals surface area contributed by atoms with Crippen LogP contribution in [0.1, 0.15) is 35.7 Å². The second-order valence-electron chi connectivity index (χ2n) is 5.42. The van der Waals surface area contributed by atoms with Crippen molar-refractivity contribution in [3.63, 3.8) is 0 Å². The van der Waals surface area contributed by atoms with Crippen LogP contribution in [0.25, 0.3) is 0 Å². The number of carboxylic acids is 1. The first-order valence-corrected chi connectivity index (χ1v) is 6.71. The summed E-state index contributed by atoms with van der Waals surface area (Å²) in [5.74, 6) is -1.99. The molecule has 4 nitrogen and oxygen atoms in total. The van der Waals surface area contributed by atoms with Crippen molar-refractivity contribution in [3.05, 3.63) is 35.1 Å². The molecule has 1 heterocycles. The zero-order chi connectivity index (χ0) is 14.9. The molecule has 1 aromatic rings. The molecule has 1 aromatic carbocycles. The van der Waals surface area contributed by atoms with Gasteiger partial charge in [-0.2, -0.15) is 0 Å². The normalized spacial score (nSPS) is 22.6. The minimum absolute atomic E-state index is 0.0974. The van der Waals surface area contributed by atoms with Crippen molar-refractivity contribution >= 4 is 11.9 Å². The molecule has 1 N–H and O–H groups in total. The van der Waals surface area contributed by atoms with Gasteiger partial charge in [0, 0.05) is 12.1 Å². The number of amides is 1. The SMILES string of the molecule is Cc1cc(F)cc(C(=O)N2CCCC(C)C2C(=O)O)c1. The third kappa shape index (κ3) is 2.81. The van der Waals surface area contributed by atoms with E-state index >= 15 is 0 Å². The first-order valence-electron chi connectivity index (χ1n) is 6.71. The van der Waals surface area contributed by atoms with Gasteiger partial charge in [-0.05, 0) is 49.4 Å². The molecule has 1 amide bonds. The van der Waals surface area contributed by atoms with Crippen LogP contribution in [0.2, 0.25) is 0 Å². The van der Waals surface area contributed by atoms with Gasteiger partial charge in [-0.15, -0.1) is 0 Å². The molecular formula is C15H18FNO3. The highest BCUT2D eigenvalue weighted by atomic mass is 19.1. The highest BCUT2D eigenvalue weighted by molar-refractivity contribution is 5.97. The Balaban J connectivity index is 2.32. The van der Waals surface area contributed by atoms with Crippen LogP contribution in [0, 0.1) is 18.7 Å². The monoisotopic (exact) mass is 279 g/mol. The van der Waals surface area contributed by atoms with Crippen molar-refractivity contribution in [2.75, 3.05) is 6.54 Å². The summed E-state index contributed by atoms with van der Waals surface area (Å²) in [5, 5.41) is 9.32. The van der Waals surface area contributed by atoms with Crippen molar-refractivity contribution in [1.82, 2.24) is 4.90 Å². The minimum atomic E-state index is -1.00. The van der Waals surface area contributed by atoms with E-state index in [4.69, 9.17) is 0 Å². The summed E-state index contributed by atoms with van der Waals surface area (Å²) < 4.78 is 13.4. The average molecular weight is 279 g/mol.